The molecule has 2 aliphatic rings. The number of para-hydroxylation sites is 2. The largest absolute Gasteiger partial charge is 0.455 e. The van der Waals surface area contributed by atoms with Gasteiger partial charge in [-0.1, -0.05) is 42.5 Å². The highest BCUT2D eigenvalue weighted by molar-refractivity contribution is 6.07. The third kappa shape index (κ3) is 6.22. The Hall–Kier alpha value is -3.22. The number of esters is 1. The molecule has 178 valence electrons. The lowest BCUT2D eigenvalue weighted by Crippen LogP contribution is -2.35. The maximum absolute atomic E-state index is 13.1. The van der Waals surface area contributed by atoms with Gasteiger partial charge in [-0.15, -0.1) is 0 Å². The number of ether oxygens (including phenoxy) is 3. The molecule has 1 amide bonds. The van der Waals surface area contributed by atoms with Gasteiger partial charge in [-0.3, -0.25) is 9.69 Å². The zero-order valence-electron chi connectivity index (χ0n) is 19.5. The maximum atomic E-state index is 13.1. The highest BCUT2D eigenvalue weighted by atomic mass is 16.7. The fourth-order valence-electron chi connectivity index (χ4n) is 4.49. The molecule has 34 heavy (non-hydrogen) atoms. The molecule has 4 rings (SSSR count). The highest BCUT2D eigenvalue weighted by Gasteiger charge is 2.40. The number of amides is 1. The Kier molecular flexibility index (Phi) is 7.93. The van der Waals surface area contributed by atoms with Crippen molar-refractivity contribution in [3.63, 3.8) is 0 Å². The average molecular weight is 462 g/mol. The van der Waals surface area contributed by atoms with Crippen molar-refractivity contribution in [1.82, 2.24) is 0 Å². The fourth-order valence-corrected chi connectivity index (χ4v) is 4.49. The normalized spacial score (nSPS) is 20.6. The minimum atomic E-state index is -0.548. The van der Waals surface area contributed by atoms with Crippen LogP contribution in [0.2, 0.25) is 0 Å². The number of hydrogen-bond acceptors (Lipinski definition) is 5. The van der Waals surface area contributed by atoms with Gasteiger partial charge in [0, 0.05) is 36.4 Å². The summed E-state index contributed by atoms with van der Waals surface area (Å²) in [6.45, 7) is 3.00. The van der Waals surface area contributed by atoms with Crippen LogP contribution in [-0.2, 0) is 23.8 Å². The molecular formula is C28H31NO5. The van der Waals surface area contributed by atoms with Gasteiger partial charge in [0.25, 0.3) is 5.91 Å². The molecular weight excluding hydrogens is 430 g/mol. The smallest absolute Gasteiger partial charge is 0.331 e. The van der Waals surface area contributed by atoms with Crippen molar-refractivity contribution in [3.8, 4) is 0 Å². The van der Waals surface area contributed by atoms with Gasteiger partial charge in [-0.05, 0) is 56.0 Å². The van der Waals surface area contributed by atoms with Crippen molar-refractivity contribution >= 4 is 23.3 Å². The van der Waals surface area contributed by atoms with Gasteiger partial charge < -0.3 is 14.2 Å². The van der Waals surface area contributed by atoms with Crippen LogP contribution in [-0.4, -0.2) is 37.0 Å². The lowest BCUT2D eigenvalue weighted by molar-refractivity contribution is -0.183. The summed E-state index contributed by atoms with van der Waals surface area (Å²) in [5.74, 6) is -0.908. The van der Waals surface area contributed by atoms with E-state index in [2.05, 4.69) is 0 Å². The van der Waals surface area contributed by atoms with Gasteiger partial charge >= 0.3 is 5.97 Å². The van der Waals surface area contributed by atoms with Crippen molar-refractivity contribution in [1.29, 1.82) is 0 Å². The van der Waals surface area contributed by atoms with Crippen LogP contribution in [0.3, 0.4) is 0 Å². The van der Waals surface area contributed by atoms with Gasteiger partial charge in [0.15, 0.2) is 5.79 Å². The minimum Gasteiger partial charge on any atom is -0.455 e. The molecule has 2 atom stereocenters. The monoisotopic (exact) mass is 461 g/mol. The second kappa shape index (κ2) is 11.3. The van der Waals surface area contributed by atoms with Crippen LogP contribution >= 0.6 is 0 Å². The van der Waals surface area contributed by atoms with Crippen LogP contribution in [0.4, 0.5) is 11.4 Å². The van der Waals surface area contributed by atoms with Crippen molar-refractivity contribution in [3.05, 3.63) is 85.0 Å². The summed E-state index contributed by atoms with van der Waals surface area (Å²) in [5.41, 5.74) is 1.52. The molecule has 0 bridgehead atoms. The summed E-state index contributed by atoms with van der Waals surface area (Å²) in [7, 11) is 0. The second-order valence-corrected chi connectivity index (χ2v) is 8.67. The van der Waals surface area contributed by atoms with E-state index in [0.717, 1.165) is 37.1 Å². The Bertz CT molecular complexity index is 972. The molecule has 1 heterocycles. The van der Waals surface area contributed by atoms with E-state index < -0.39 is 17.9 Å². The van der Waals surface area contributed by atoms with Crippen molar-refractivity contribution in [2.75, 3.05) is 18.1 Å². The summed E-state index contributed by atoms with van der Waals surface area (Å²) in [6, 6.07) is 18.9. The van der Waals surface area contributed by atoms with Gasteiger partial charge in [0.2, 0.25) is 0 Å². The van der Waals surface area contributed by atoms with E-state index >= 15 is 0 Å². The number of hydrogen-bond donors (Lipinski definition) is 0. The van der Waals surface area contributed by atoms with E-state index in [1.165, 1.54) is 12.2 Å². The van der Waals surface area contributed by atoms with Gasteiger partial charge in [0.05, 0.1) is 13.2 Å². The lowest BCUT2D eigenvalue weighted by Gasteiger charge is -2.35. The minimum absolute atomic E-state index is 0.220. The number of carbonyl (C=O) groups is 2. The van der Waals surface area contributed by atoms with Crippen molar-refractivity contribution < 1.29 is 23.8 Å². The summed E-state index contributed by atoms with van der Waals surface area (Å²) < 4.78 is 17.1. The highest BCUT2D eigenvalue weighted by Crippen LogP contribution is 2.39. The average Bonchev–Trinajstić information content (AvgIpc) is 3.30. The van der Waals surface area contributed by atoms with Gasteiger partial charge in [-0.2, -0.15) is 0 Å². The third-order valence-electron chi connectivity index (χ3n) is 6.08. The molecule has 1 unspecified atom stereocenters. The molecule has 0 radical (unpaired) electrons. The van der Waals surface area contributed by atoms with Gasteiger partial charge in [-0.25, -0.2) is 4.79 Å². The molecule has 2 aromatic rings. The first kappa shape index (κ1) is 23.9. The number of carbonyl (C=O) groups excluding carboxylic acids is 2. The molecule has 1 saturated heterocycles. The molecule has 1 spiro atoms. The number of nitrogens with zero attached hydrogens (tertiary/aromatic N) is 1. The quantitative estimate of drug-likeness (QED) is 0.412. The van der Waals surface area contributed by atoms with E-state index in [4.69, 9.17) is 14.2 Å². The zero-order valence-corrected chi connectivity index (χ0v) is 19.5. The SMILES string of the molecule is C[C@H](/C=C\C(=O)N(c1ccccc1)c1ccccc1)OC(=O)/C=C/C1CCCC2(C1)OCCO2. The summed E-state index contributed by atoms with van der Waals surface area (Å²) in [4.78, 5) is 27.0. The molecule has 6 heteroatoms. The first-order chi connectivity index (χ1) is 16.5. The first-order valence-corrected chi connectivity index (χ1v) is 11.8. The van der Waals surface area contributed by atoms with Crippen LogP contribution in [0.25, 0.3) is 0 Å². The Labute approximate surface area is 200 Å². The second-order valence-electron chi connectivity index (χ2n) is 8.67. The summed E-state index contributed by atoms with van der Waals surface area (Å²) in [5, 5.41) is 0. The topological polar surface area (TPSA) is 65.1 Å². The number of anilines is 2. The summed E-state index contributed by atoms with van der Waals surface area (Å²) in [6.07, 6.45) is 9.53. The van der Waals surface area contributed by atoms with E-state index in [1.807, 2.05) is 66.7 Å². The number of allylic oxidation sites excluding steroid dienone is 1. The molecule has 1 aliphatic heterocycles. The van der Waals surface area contributed by atoms with Crippen LogP contribution < -0.4 is 4.90 Å². The predicted molar refractivity (Wildman–Crippen MR) is 130 cm³/mol. The fraction of sp³-hybridized carbons (Fsp3) is 0.357. The molecule has 2 fully saturated rings. The first-order valence-electron chi connectivity index (χ1n) is 11.8. The van der Waals surface area contributed by atoms with E-state index in [-0.39, 0.29) is 11.8 Å². The van der Waals surface area contributed by atoms with Crippen LogP contribution in [0.1, 0.15) is 32.6 Å². The standard InChI is InChI=1S/C28H31NO5/c1-22(34-27(31)17-15-23-9-8-18-28(21-23)32-19-20-33-28)14-16-26(30)29(24-10-4-2-5-11-24)25-12-6-3-7-13-25/h2-7,10-17,22-23H,8-9,18-21H2,1H3/b16-14-,17-15+/t22-,23?/m1/s1. The zero-order chi connectivity index (χ0) is 23.8. The Morgan fingerprint density at radius 2 is 1.62 bits per heavy atom. The van der Waals surface area contributed by atoms with E-state index in [1.54, 1.807) is 17.9 Å². The van der Waals surface area contributed by atoms with Crippen molar-refractivity contribution in [2.24, 2.45) is 5.92 Å². The Balaban J connectivity index is 1.34. The van der Waals surface area contributed by atoms with Crippen molar-refractivity contribution in [2.45, 2.75) is 44.5 Å². The number of benzene rings is 2. The molecule has 0 aromatic heterocycles. The molecule has 0 N–H and O–H groups in total. The van der Waals surface area contributed by atoms with Crippen LogP contribution in [0, 0.1) is 5.92 Å². The van der Waals surface area contributed by atoms with E-state index in [9.17, 15) is 9.59 Å². The lowest BCUT2D eigenvalue weighted by atomic mass is 9.84. The molecule has 1 aliphatic carbocycles. The summed E-state index contributed by atoms with van der Waals surface area (Å²) >= 11 is 0. The third-order valence-corrected chi connectivity index (χ3v) is 6.08. The maximum Gasteiger partial charge on any atom is 0.331 e. The molecule has 6 nitrogen and oxygen atoms in total. The predicted octanol–water partition coefficient (Wildman–Crippen LogP) is 5.33. The van der Waals surface area contributed by atoms with Crippen LogP contribution in [0.15, 0.2) is 85.0 Å². The van der Waals surface area contributed by atoms with Gasteiger partial charge in [0.1, 0.15) is 6.10 Å². The Morgan fingerprint density at radius 3 is 2.24 bits per heavy atom. The van der Waals surface area contributed by atoms with Crippen LogP contribution in [0.5, 0.6) is 0 Å². The molecule has 2 aromatic carbocycles. The van der Waals surface area contributed by atoms with E-state index in [0.29, 0.717) is 13.2 Å². The Morgan fingerprint density at radius 1 is 1.00 bits per heavy atom. The number of rotatable bonds is 7. The molecule has 1 saturated carbocycles.